The van der Waals surface area contributed by atoms with Gasteiger partial charge >= 0.3 is 6.18 Å². The van der Waals surface area contributed by atoms with Gasteiger partial charge in [0.05, 0.1) is 5.56 Å². The summed E-state index contributed by atoms with van der Waals surface area (Å²) in [7, 11) is 1.65. The molecule has 0 aromatic heterocycles. The van der Waals surface area contributed by atoms with Crippen LogP contribution in [-0.2, 0) is 12.7 Å². The lowest BCUT2D eigenvalue weighted by atomic mass is 10.1. The van der Waals surface area contributed by atoms with Crippen molar-refractivity contribution in [3.63, 3.8) is 0 Å². The van der Waals surface area contributed by atoms with Crippen LogP contribution in [0.5, 0.6) is 0 Å². The molecular formula is C18H30F3IN4. The molecule has 2 N–H and O–H groups in total. The first-order valence-electron chi connectivity index (χ1n) is 8.73. The number of halogens is 4. The largest absolute Gasteiger partial charge is 0.416 e. The summed E-state index contributed by atoms with van der Waals surface area (Å²) in [5.41, 5.74) is -0.0644. The van der Waals surface area contributed by atoms with Crippen molar-refractivity contribution < 1.29 is 13.2 Å². The summed E-state index contributed by atoms with van der Waals surface area (Å²) in [6.07, 6.45) is -2.21. The first-order chi connectivity index (χ1) is 11.9. The number of hydrogen-bond donors (Lipinski definition) is 2. The normalized spacial score (nSPS) is 12.0. The lowest BCUT2D eigenvalue weighted by Gasteiger charge is -2.18. The summed E-state index contributed by atoms with van der Waals surface area (Å²) in [6, 6.07) is 5.32. The molecule has 0 saturated heterocycles. The number of nitrogens with zero attached hydrogens (tertiary/aromatic N) is 2. The quantitative estimate of drug-likeness (QED) is 0.239. The van der Waals surface area contributed by atoms with Gasteiger partial charge < -0.3 is 15.5 Å². The predicted octanol–water partition coefficient (Wildman–Crippen LogP) is 4.11. The van der Waals surface area contributed by atoms with Crippen LogP contribution in [0.25, 0.3) is 0 Å². The van der Waals surface area contributed by atoms with Gasteiger partial charge in [-0.2, -0.15) is 13.2 Å². The van der Waals surface area contributed by atoms with E-state index < -0.39 is 11.7 Å². The summed E-state index contributed by atoms with van der Waals surface area (Å²) < 4.78 is 38.2. The Bertz CT molecular complexity index is 531. The predicted molar refractivity (Wildman–Crippen MR) is 112 cm³/mol. The van der Waals surface area contributed by atoms with Gasteiger partial charge in [0.2, 0.25) is 0 Å². The molecule has 0 unspecified atom stereocenters. The van der Waals surface area contributed by atoms with Crippen LogP contribution >= 0.6 is 24.0 Å². The Hall–Kier alpha value is -1.03. The van der Waals surface area contributed by atoms with Gasteiger partial charge in [-0.1, -0.05) is 26.0 Å². The Kier molecular flexibility index (Phi) is 12.7. The van der Waals surface area contributed by atoms with Gasteiger partial charge in [0, 0.05) is 20.1 Å². The second-order valence-corrected chi connectivity index (χ2v) is 5.78. The van der Waals surface area contributed by atoms with Gasteiger partial charge in [0.15, 0.2) is 5.96 Å². The summed E-state index contributed by atoms with van der Waals surface area (Å²) in [5, 5.41) is 6.24. The highest BCUT2D eigenvalue weighted by Crippen LogP contribution is 2.29. The van der Waals surface area contributed by atoms with Gasteiger partial charge in [-0.15, -0.1) is 24.0 Å². The van der Waals surface area contributed by atoms with Crippen molar-refractivity contribution in [3.05, 3.63) is 35.4 Å². The summed E-state index contributed by atoms with van der Waals surface area (Å²) in [5.74, 6) is 0.597. The number of aliphatic imine (C=N–C) groups is 1. The Labute approximate surface area is 171 Å². The Balaban J connectivity index is 0.00000625. The minimum Gasteiger partial charge on any atom is -0.356 e. The van der Waals surface area contributed by atoms with Crippen molar-refractivity contribution in [2.45, 2.75) is 39.4 Å². The molecule has 1 aromatic carbocycles. The molecule has 0 bridgehead atoms. The van der Waals surface area contributed by atoms with Crippen molar-refractivity contribution in [1.29, 1.82) is 0 Å². The summed E-state index contributed by atoms with van der Waals surface area (Å²) >= 11 is 0. The third kappa shape index (κ3) is 9.61. The Morgan fingerprint density at radius 3 is 2.38 bits per heavy atom. The molecule has 0 atom stereocenters. The van der Waals surface area contributed by atoms with Crippen molar-refractivity contribution in [2.75, 3.05) is 33.2 Å². The lowest BCUT2D eigenvalue weighted by Crippen LogP contribution is -2.37. The molecule has 26 heavy (non-hydrogen) atoms. The van der Waals surface area contributed by atoms with Crippen molar-refractivity contribution in [3.8, 4) is 0 Å². The molecule has 1 rings (SSSR count). The van der Waals surface area contributed by atoms with E-state index >= 15 is 0 Å². The number of guanidine groups is 1. The Morgan fingerprint density at radius 2 is 1.81 bits per heavy atom. The molecule has 150 valence electrons. The maximum Gasteiger partial charge on any atom is 0.416 e. The monoisotopic (exact) mass is 486 g/mol. The molecule has 1 aromatic rings. The zero-order valence-corrected chi connectivity index (χ0v) is 18.0. The highest BCUT2D eigenvalue weighted by atomic mass is 127. The number of rotatable bonds is 9. The number of alkyl halides is 3. The molecule has 8 heteroatoms. The van der Waals surface area contributed by atoms with Crippen LogP contribution in [0, 0.1) is 0 Å². The molecule has 0 radical (unpaired) electrons. The van der Waals surface area contributed by atoms with Crippen molar-refractivity contribution >= 4 is 29.9 Å². The fourth-order valence-corrected chi connectivity index (χ4v) is 2.47. The molecule has 0 aliphatic carbocycles. The third-order valence-corrected chi connectivity index (χ3v) is 4.03. The second-order valence-electron chi connectivity index (χ2n) is 5.78. The van der Waals surface area contributed by atoms with Crippen LogP contribution in [0.15, 0.2) is 29.3 Å². The van der Waals surface area contributed by atoms with Gasteiger partial charge in [0.25, 0.3) is 0 Å². The van der Waals surface area contributed by atoms with Gasteiger partial charge in [0.1, 0.15) is 0 Å². The smallest absolute Gasteiger partial charge is 0.356 e. The minimum atomic E-state index is -4.32. The fraction of sp³-hybridized carbons (Fsp3) is 0.611. The second kappa shape index (κ2) is 13.2. The van der Waals surface area contributed by atoms with Crippen LogP contribution < -0.4 is 10.6 Å². The van der Waals surface area contributed by atoms with Crippen LogP contribution in [-0.4, -0.2) is 44.1 Å². The van der Waals surface area contributed by atoms with E-state index in [0.717, 1.165) is 51.2 Å². The number of hydrogen-bond acceptors (Lipinski definition) is 2. The number of nitrogens with one attached hydrogen (secondary N) is 2. The molecule has 0 fully saturated rings. The molecule has 4 nitrogen and oxygen atoms in total. The first-order valence-corrected chi connectivity index (χ1v) is 8.73. The molecule has 0 spiro atoms. The average Bonchev–Trinajstić information content (AvgIpc) is 2.60. The van der Waals surface area contributed by atoms with Crippen LogP contribution in [0.3, 0.4) is 0 Å². The zero-order valence-electron chi connectivity index (χ0n) is 15.7. The van der Waals surface area contributed by atoms with Gasteiger partial charge in [-0.05, 0) is 50.2 Å². The van der Waals surface area contributed by atoms with E-state index in [2.05, 4.69) is 34.4 Å². The van der Waals surface area contributed by atoms with E-state index in [0.29, 0.717) is 18.1 Å². The fourth-order valence-electron chi connectivity index (χ4n) is 2.47. The molecule has 0 amide bonds. The topological polar surface area (TPSA) is 39.7 Å². The maximum absolute atomic E-state index is 12.7. The highest BCUT2D eigenvalue weighted by Gasteiger charge is 2.30. The lowest BCUT2D eigenvalue weighted by molar-refractivity contribution is -0.137. The van der Waals surface area contributed by atoms with Crippen molar-refractivity contribution in [1.82, 2.24) is 15.5 Å². The molecular weight excluding hydrogens is 456 g/mol. The number of benzene rings is 1. The molecule has 0 heterocycles. The van der Waals surface area contributed by atoms with E-state index in [1.165, 1.54) is 6.07 Å². The average molecular weight is 486 g/mol. The molecule has 0 aliphatic heterocycles. The zero-order chi connectivity index (χ0) is 18.7. The van der Waals surface area contributed by atoms with E-state index in [1.54, 1.807) is 13.1 Å². The highest BCUT2D eigenvalue weighted by molar-refractivity contribution is 14.0. The van der Waals surface area contributed by atoms with Crippen LogP contribution in [0.1, 0.15) is 37.8 Å². The minimum absolute atomic E-state index is 0. The molecule has 0 aliphatic rings. The van der Waals surface area contributed by atoms with E-state index in [-0.39, 0.29) is 24.0 Å². The summed E-state index contributed by atoms with van der Waals surface area (Å²) in [6.45, 7) is 8.58. The number of unbranched alkanes of at least 4 members (excludes halogenated alkanes) is 1. The van der Waals surface area contributed by atoms with E-state index in [9.17, 15) is 13.2 Å². The van der Waals surface area contributed by atoms with Crippen LogP contribution in [0.4, 0.5) is 13.2 Å². The SMILES string of the molecule is CCN(CC)CCCCNC(=NC)NCc1cccc(C(F)(F)F)c1.I. The van der Waals surface area contributed by atoms with E-state index in [1.807, 2.05) is 0 Å². The maximum atomic E-state index is 12.7. The molecule has 0 saturated carbocycles. The third-order valence-electron chi connectivity index (χ3n) is 4.03. The van der Waals surface area contributed by atoms with Crippen molar-refractivity contribution in [2.24, 2.45) is 4.99 Å². The Morgan fingerprint density at radius 1 is 1.12 bits per heavy atom. The first kappa shape index (κ1) is 25.0. The standard InChI is InChI=1S/C18H29F3N4.HI/c1-4-25(5-2)12-7-6-11-23-17(22-3)24-14-15-9-8-10-16(13-15)18(19,20)21;/h8-10,13H,4-7,11-12,14H2,1-3H3,(H2,22,23,24);1H. The van der Waals surface area contributed by atoms with Gasteiger partial charge in [-0.3, -0.25) is 4.99 Å². The van der Waals surface area contributed by atoms with E-state index in [4.69, 9.17) is 0 Å². The summed E-state index contributed by atoms with van der Waals surface area (Å²) in [4.78, 5) is 6.48. The van der Waals surface area contributed by atoms with Crippen LogP contribution in [0.2, 0.25) is 0 Å². The van der Waals surface area contributed by atoms with Gasteiger partial charge in [-0.25, -0.2) is 0 Å².